The van der Waals surface area contributed by atoms with Crippen molar-refractivity contribution in [3.63, 3.8) is 0 Å². The van der Waals surface area contributed by atoms with Crippen LogP contribution in [0.1, 0.15) is 42.7 Å². The van der Waals surface area contributed by atoms with Crippen molar-refractivity contribution in [3.8, 4) is 11.5 Å². The number of allylic oxidation sites excluding steroid dienone is 2. The number of aromatic hydroxyl groups is 1. The number of ether oxygens (including phenoxy) is 1. The van der Waals surface area contributed by atoms with Gasteiger partial charge < -0.3 is 9.84 Å². The molecule has 0 aromatic heterocycles. The fraction of sp³-hybridized carbons (Fsp3) is 0.385. The molecule has 3 aromatic carbocycles. The number of fused-ring (bicyclic) bond motifs is 4. The largest absolute Gasteiger partial charge is 0.508 e. The number of piperidine rings is 1. The summed E-state index contributed by atoms with van der Waals surface area (Å²) in [7, 11) is 1.41. The van der Waals surface area contributed by atoms with Crippen molar-refractivity contribution >= 4 is 52.5 Å². The van der Waals surface area contributed by atoms with Gasteiger partial charge in [-0.2, -0.15) is 0 Å². The summed E-state index contributed by atoms with van der Waals surface area (Å²) >= 11 is 14.9. The molecule has 9 nitrogen and oxygen atoms in total. The number of hydrogen-bond donors (Lipinski definition) is 1. The molecule has 12 heteroatoms. The average Bonchev–Trinajstić information content (AvgIpc) is 3.47. The molecule has 51 heavy (non-hydrogen) atoms. The second kappa shape index (κ2) is 12.5. The Labute approximate surface area is 304 Å². The molecule has 1 saturated carbocycles. The fourth-order valence-corrected chi connectivity index (χ4v) is 10.2. The van der Waals surface area contributed by atoms with E-state index in [1.54, 1.807) is 6.07 Å². The number of rotatable bonds is 6. The van der Waals surface area contributed by atoms with Crippen LogP contribution in [-0.4, -0.2) is 74.5 Å². The summed E-state index contributed by atoms with van der Waals surface area (Å²) in [6.07, 6.45) is 3.23. The predicted molar refractivity (Wildman–Crippen MR) is 188 cm³/mol. The van der Waals surface area contributed by atoms with Gasteiger partial charge in [-0.05, 0) is 67.5 Å². The summed E-state index contributed by atoms with van der Waals surface area (Å²) in [5.74, 6) is -5.80. The van der Waals surface area contributed by atoms with Crippen LogP contribution in [-0.2, 0) is 25.7 Å². The second-order valence-electron chi connectivity index (χ2n) is 14.2. The number of benzene rings is 3. The van der Waals surface area contributed by atoms with E-state index in [9.17, 15) is 28.7 Å². The molecule has 5 aliphatic rings. The molecule has 3 heterocycles. The number of nitrogens with zero attached hydrogens (tertiary/aromatic N) is 3. The van der Waals surface area contributed by atoms with Gasteiger partial charge in [0.15, 0.2) is 9.75 Å². The number of alkyl halides is 2. The molecular formula is C39H36Cl2FN3O6. The Morgan fingerprint density at radius 1 is 0.902 bits per heavy atom. The van der Waals surface area contributed by atoms with E-state index in [1.807, 2.05) is 24.3 Å². The highest BCUT2D eigenvalue weighted by molar-refractivity contribution is 6.58. The highest BCUT2D eigenvalue weighted by atomic mass is 35.5. The molecule has 2 aliphatic carbocycles. The van der Waals surface area contributed by atoms with Crippen molar-refractivity contribution in [2.45, 2.75) is 53.9 Å². The van der Waals surface area contributed by atoms with E-state index in [1.165, 1.54) is 41.8 Å². The first-order valence-corrected chi connectivity index (χ1v) is 18.0. The van der Waals surface area contributed by atoms with Gasteiger partial charge in [0.2, 0.25) is 11.8 Å². The van der Waals surface area contributed by atoms with E-state index in [4.69, 9.17) is 27.9 Å². The smallest absolute Gasteiger partial charge is 0.258 e. The molecule has 4 amide bonds. The topological polar surface area (TPSA) is 107 Å². The molecule has 264 valence electrons. The van der Waals surface area contributed by atoms with E-state index in [0.717, 1.165) is 36.7 Å². The molecule has 3 saturated heterocycles. The molecule has 4 fully saturated rings. The summed E-state index contributed by atoms with van der Waals surface area (Å²) in [6, 6.07) is 19.2. The van der Waals surface area contributed by atoms with Gasteiger partial charge in [0.25, 0.3) is 11.8 Å². The van der Waals surface area contributed by atoms with Crippen molar-refractivity contribution in [1.82, 2.24) is 9.80 Å². The third kappa shape index (κ3) is 5.04. The van der Waals surface area contributed by atoms with Crippen molar-refractivity contribution in [3.05, 3.63) is 101 Å². The van der Waals surface area contributed by atoms with Gasteiger partial charge in [-0.1, -0.05) is 48.0 Å². The maximum Gasteiger partial charge on any atom is 0.258 e. The van der Waals surface area contributed by atoms with Crippen LogP contribution < -0.4 is 9.64 Å². The first kappa shape index (κ1) is 33.9. The van der Waals surface area contributed by atoms with E-state index >= 15 is 0 Å². The molecule has 0 unspecified atom stereocenters. The molecule has 3 aromatic rings. The lowest BCUT2D eigenvalue weighted by Crippen LogP contribution is -2.60. The zero-order chi connectivity index (χ0) is 35.8. The number of phenolic OH excluding ortho intramolecular Hbond substituents is 1. The fourth-order valence-electron chi connectivity index (χ4n) is 9.24. The van der Waals surface area contributed by atoms with Crippen molar-refractivity contribution < 1.29 is 33.4 Å². The maximum atomic E-state index is 14.6. The van der Waals surface area contributed by atoms with Crippen LogP contribution in [0.25, 0.3) is 0 Å². The molecule has 3 aliphatic heterocycles. The first-order valence-electron chi connectivity index (χ1n) is 17.2. The summed E-state index contributed by atoms with van der Waals surface area (Å²) in [5.41, 5.74) is 2.32. The van der Waals surface area contributed by atoms with Crippen LogP contribution in [0.5, 0.6) is 11.5 Å². The number of amides is 4. The molecule has 8 rings (SSSR count). The minimum atomic E-state index is -2.10. The summed E-state index contributed by atoms with van der Waals surface area (Å²) in [5, 5.41) is 10.3. The van der Waals surface area contributed by atoms with E-state index in [-0.39, 0.29) is 47.9 Å². The molecule has 1 N–H and O–H groups in total. The normalized spacial score (nSPS) is 31.0. The van der Waals surface area contributed by atoms with E-state index in [0.29, 0.717) is 24.0 Å². The van der Waals surface area contributed by atoms with Crippen LogP contribution in [0.2, 0.25) is 0 Å². The van der Waals surface area contributed by atoms with Gasteiger partial charge in [0, 0.05) is 43.2 Å². The van der Waals surface area contributed by atoms with Gasteiger partial charge in [0.1, 0.15) is 17.3 Å². The SMILES string of the molecule is COc1cc(O)ccc1[C@H]1C2=CC[C@@H]3C(=O)N(C4CCN(Cc5ccccc5)CC4)C(=O)[C@@H]3[C@@H]2C[C@@]2(Cl)C(=O)N(c3ccc(F)cc3)C(=O)[C@@]12Cl. The van der Waals surface area contributed by atoms with Crippen molar-refractivity contribution in [2.75, 3.05) is 25.1 Å². The number of halogens is 3. The second-order valence-corrected chi connectivity index (χ2v) is 15.5. The van der Waals surface area contributed by atoms with Crippen molar-refractivity contribution in [2.24, 2.45) is 17.8 Å². The van der Waals surface area contributed by atoms with Gasteiger partial charge in [-0.25, -0.2) is 9.29 Å². The number of hydrogen-bond acceptors (Lipinski definition) is 7. The minimum Gasteiger partial charge on any atom is -0.508 e. The van der Waals surface area contributed by atoms with Crippen LogP contribution >= 0.6 is 23.2 Å². The molecular weight excluding hydrogens is 696 g/mol. The quantitative estimate of drug-likeness (QED) is 0.195. The maximum absolute atomic E-state index is 14.6. The Balaban J connectivity index is 1.16. The zero-order valence-corrected chi connectivity index (χ0v) is 29.3. The van der Waals surface area contributed by atoms with Gasteiger partial charge >= 0.3 is 0 Å². The summed E-state index contributed by atoms with van der Waals surface area (Å²) in [6.45, 7) is 2.26. The Morgan fingerprint density at radius 3 is 2.29 bits per heavy atom. The molecule has 0 spiro atoms. The lowest BCUT2D eigenvalue weighted by Gasteiger charge is -2.51. The number of likely N-dealkylation sites (tertiary alicyclic amines) is 2. The highest BCUT2D eigenvalue weighted by Crippen LogP contribution is 2.66. The minimum absolute atomic E-state index is 0.0924. The third-order valence-corrected chi connectivity index (χ3v) is 13.0. The van der Waals surface area contributed by atoms with Crippen LogP contribution in [0.15, 0.2) is 84.4 Å². The Kier molecular flexibility index (Phi) is 8.27. The summed E-state index contributed by atoms with van der Waals surface area (Å²) < 4.78 is 19.6. The van der Waals surface area contributed by atoms with E-state index in [2.05, 4.69) is 17.0 Å². The van der Waals surface area contributed by atoms with Crippen LogP contribution in [0.4, 0.5) is 10.1 Å². The predicted octanol–water partition coefficient (Wildman–Crippen LogP) is 5.77. The molecule has 0 bridgehead atoms. The Morgan fingerprint density at radius 2 is 1.61 bits per heavy atom. The molecule has 0 radical (unpaired) electrons. The highest BCUT2D eigenvalue weighted by Gasteiger charge is 2.77. The standard InChI is InChI=1S/C39H36Cl2FN3O6/c1-51-31-19-26(46)11-12-28(31)33-27-13-14-29-32(35(48)44(34(29)47)25-15-17-43(18-16-25)21-22-5-3-2-4-6-22)30(27)20-38(40)36(49)45(37(50)39(33,38)41)24-9-7-23(42)8-10-24/h2-13,19,25,29-30,32-33,46H,14-18,20-21H2,1H3/t29-,30+,32-,33+,38+,39-/m0/s1. The lowest BCUT2D eigenvalue weighted by molar-refractivity contribution is -0.144. The Hall–Kier alpha value is -4.25. The zero-order valence-electron chi connectivity index (χ0n) is 27.8. The monoisotopic (exact) mass is 731 g/mol. The van der Waals surface area contributed by atoms with Gasteiger partial charge in [-0.3, -0.25) is 29.0 Å². The number of phenols is 1. The number of carbonyl (C=O) groups excluding carboxylic acids is 4. The number of anilines is 1. The average molecular weight is 733 g/mol. The van der Waals surface area contributed by atoms with E-state index < -0.39 is 51.1 Å². The molecule has 6 atom stereocenters. The number of imide groups is 2. The van der Waals surface area contributed by atoms with Crippen LogP contribution in [0.3, 0.4) is 0 Å². The van der Waals surface area contributed by atoms with Crippen LogP contribution in [0, 0.1) is 23.6 Å². The van der Waals surface area contributed by atoms with Gasteiger partial charge in [-0.15, -0.1) is 23.2 Å². The lowest BCUT2D eigenvalue weighted by atomic mass is 9.56. The van der Waals surface area contributed by atoms with Gasteiger partial charge in [0.05, 0.1) is 24.6 Å². The first-order chi connectivity index (χ1) is 24.5. The third-order valence-electron chi connectivity index (χ3n) is 11.6. The Bertz CT molecular complexity index is 1970. The summed E-state index contributed by atoms with van der Waals surface area (Å²) in [4.78, 5) is 58.3. The number of methoxy groups -OCH3 is 1. The number of carbonyl (C=O) groups is 4. The van der Waals surface area contributed by atoms with Crippen molar-refractivity contribution in [1.29, 1.82) is 0 Å².